The van der Waals surface area contributed by atoms with E-state index in [1.165, 1.54) is 0 Å². The standard InChI is InChI=1S/C14H26O5/c1-4-7-17-12(10-13(15)18-8-5-2)11-14(16)19-9-6-3/h12H,4-11H2,1-3H3. The highest BCUT2D eigenvalue weighted by Crippen LogP contribution is 2.08. The zero-order valence-electron chi connectivity index (χ0n) is 12.3. The monoisotopic (exact) mass is 274 g/mol. The number of hydrogen-bond acceptors (Lipinski definition) is 5. The average Bonchev–Trinajstić information content (AvgIpc) is 2.40. The third kappa shape index (κ3) is 10.5. The molecule has 0 aromatic heterocycles. The van der Waals surface area contributed by atoms with E-state index in [4.69, 9.17) is 14.2 Å². The third-order valence-electron chi connectivity index (χ3n) is 2.28. The quantitative estimate of drug-likeness (QED) is 0.542. The predicted molar refractivity (Wildman–Crippen MR) is 71.8 cm³/mol. The van der Waals surface area contributed by atoms with Crippen LogP contribution in [-0.4, -0.2) is 37.9 Å². The molecule has 0 spiro atoms. The lowest BCUT2D eigenvalue weighted by Crippen LogP contribution is -2.24. The van der Waals surface area contributed by atoms with Crippen molar-refractivity contribution in [2.24, 2.45) is 0 Å². The molecule has 0 bridgehead atoms. The summed E-state index contributed by atoms with van der Waals surface area (Å²) < 4.78 is 15.5. The number of esters is 2. The Morgan fingerprint density at radius 2 is 1.21 bits per heavy atom. The van der Waals surface area contributed by atoms with Gasteiger partial charge in [0.1, 0.15) is 0 Å². The van der Waals surface area contributed by atoms with Crippen LogP contribution in [0.2, 0.25) is 0 Å². The molecule has 0 aromatic carbocycles. The maximum Gasteiger partial charge on any atom is 0.308 e. The molecule has 0 aliphatic heterocycles. The van der Waals surface area contributed by atoms with Gasteiger partial charge >= 0.3 is 11.9 Å². The number of hydrogen-bond donors (Lipinski definition) is 0. The van der Waals surface area contributed by atoms with E-state index in [-0.39, 0.29) is 24.8 Å². The second-order valence-electron chi connectivity index (χ2n) is 4.34. The van der Waals surface area contributed by atoms with Gasteiger partial charge in [-0.3, -0.25) is 9.59 Å². The first-order chi connectivity index (χ1) is 9.13. The normalized spacial score (nSPS) is 10.5. The molecule has 5 heteroatoms. The molecule has 19 heavy (non-hydrogen) atoms. The zero-order valence-corrected chi connectivity index (χ0v) is 12.3. The Morgan fingerprint density at radius 3 is 1.58 bits per heavy atom. The van der Waals surface area contributed by atoms with Crippen LogP contribution in [-0.2, 0) is 23.8 Å². The van der Waals surface area contributed by atoms with Crippen molar-refractivity contribution in [3.63, 3.8) is 0 Å². The van der Waals surface area contributed by atoms with E-state index in [0.29, 0.717) is 19.8 Å². The average molecular weight is 274 g/mol. The predicted octanol–water partition coefficient (Wildman–Crippen LogP) is 2.47. The van der Waals surface area contributed by atoms with Gasteiger partial charge in [-0.05, 0) is 19.3 Å². The molecule has 0 amide bonds. The molecule has 0 heterocycles. The van der Waals surface area contributed by atoms with Gasteiger partial charge in [0.05, 0.1) is 32.2 Å². The van der Waals surface area contributed by atoms with E-state index in [2.05, 4.69) is 0 Å². The van der Waals surface area contributed by atoms with Crippen molar-refractivity contribution in [1.29, 1.82) is 0 Å². The summed E-state index contributed by atoms with van der Waals surface area (Å²) >= 11 is 0. The van der Waals surface area contributed by atoms with Crippen molar-refractivity contribution in [3.05, 3.63) is 0 Å². The van der Waals surface area contributed by atoms with E-state index in [9.17, 15) is 9.59 Å². The van der Waals surface area contributed by atoms with Crippen molar-refractivity contribution in [1.82, 2.24) is 0 Å². The Bertz CT molecular complexity index is 230. The largest absolute Gasteiger partial charge is 0.466 e. The van der Waals surface area contributed by atoms with Gasteiger partial charge in [0.2, 0.25) is 0 Å². The maximum absolute atomic E-state index is 11.5. The molecule has 0 N–H and O–H groups in total. The second kappa shape index (κ2) is 12.0. The van der Waals surface area contributed by atoms with Gasteiger partial charge in [0.25, 0.3) is 0 Å². The van der Waals surface area contributed by atoms with Crippen LogP contribution in [0.4, 0.5) is 0 Å². The van der Waals surface area contributed by atoms with Gasteiger partial charge in [0, 0.05) is 6.61 Å². The SMILES string of the molecule is CCCOC(=O)CC(CC(=O)OCCC)OCCC. The smallest absolute Gasteiger partial charge is 0.308 e. The van der Waals surface area contributed by atoms with Crippen molar-refractivity contribution in [3.8, 4) is 0 Å². The van der Waals surface area contributed by atoms with Crippen molar-refractivity contribution >= 4 is 11.9 Å². The molecule has 0 rings (SSSR count). The lowest BCUT2D eigenvalue weighted by atomic mass is 10.2. The van der Waals surface area contributed by atoms with E-state index >= 15 is 0 Å². The Balaban J connectivity index is 4.13. The number of ether oxygens (including phenoxy) is 3. The van der Waals surface area contributed by atoms with Crippen LogP contribution in [0.5, 0.6) is 0 Å². The van der Waals surface area contributed by atoms with E-state index in [1.807, 2.05) is 20.8 Å². The van der Waals surface area contributed by atoms with Gasteiger partial charge in [-0.15, -0.1) is 0 Å². The molecule has 0 fully saturated rings. The summed E-state index contributed by atoms with van der Waals surface area (Å²) in [5, 5.41) is 0. The lowest BCUT2D eigenvalue weighted by molar-refractivity contribution is -0.151. The van der Waals surface area contributed by atoms with Gasteiger partial charge in [-0.1, -0.05) is 20.8 Å². The van der Waals surface area contributed by atoms with E-state index < -0.39 is 6.10 Å². The lowest BCUT2D eigenvalue weighted by Gasteiger charge is -2.16. The molecule has 0 aliphatic rings. The summed E-state index contributed by atoms with van der Waals surface area (Å²) in [5.41, 5.74) is 0. The van der Waals surface area contributed by atoms with Crippen LogP contribution in [0.3, 0.4) is 0 Å². The van der Waals surface area contributed by atoms with Gasteiger partial charge in [-0.25, -0.2) is 0 Å². The van der Waals surface area contributed by atoms with Gasteiger partial charge in [-0.2, -0.15) is 0 Å². The van der Waals surface area contributed by atoms with Crippen molar-refractivity contribution < 1.29 is 23.8 Å². The summed E-state index contributed by atoms with van der Waals surface area (Å²) in [6, 6.07) is 0. The van der Waals surface area contributed by atoms with Crippen molar-refractivity contribution in [2.75, 3.05) is 19.8 Å². The summed E-state index contributed by atoms with van der Waals surface area (Å²) in [4.78, 5) is 23.0. The number of carbonyl (C=O) groups excluding carboxylic acids is 2. The Morgan fingerprint density at radius 1 is 0.789 bits per heavy atom. The summed E-state index contributed by atoms with van der Waals surface area (Å²) in [6.45, 7) is 7.16. The minimum Gasteiger partial charge on any atom is -0.466 e. The first kappa shape index (κ1) is 17.9. The van der Waals surface area contributed by atoms with E-state index in [1.54, 1.807) is 0 Å². The fraction of sp³-hybridized carbons (Fsp3) is 0.857. The summed E-state index contributed by atoms with van der Waals surface area (Å²) in [5.74, 6) is -0.655. The molecule has 0 saturated carbocycles. The van der Waals surface area contributed by atoms with Crippen LogP contribution in [0.1, 0.15) is 52.9 Å². The van der Waals surface area contributed by atoms with E-state index in [0.717, 1.165) is 19.3 Å². The molecule has 0 aromatic rings. The molecule has 5 nitrogen and oxygen atoms in total. The van der Waals surface area contributed by atoms with Crippen LogP contribution < -0.4 is 0 Å². The number of rotatable bonds is 11. The molecule has 0 unspecified atom stereocenters. The van der Waals surface area contributed by atoms with Crippen LogP contribution in [0.25, 0.3) is 0 Å². The molecular weight excluding hydrogens is 248 g/mol. The molecule has 0 aliphatic carbocycles. The second-order valence-corrected chi connectivity index (χ2v) is 4.34. The highest BCUT2D eigenvalue weighted by molar-refractivity contribution is 5.73. The summed E-state index contributed by atoms with van der Waals surface area (Å²) in [6.07, 6.45) is 2.15. The van der Waals surface area contributed by atoms with Crippen LogP contribution in [0, 0.1) is 0 Å². The van der Waals surface area contributed by atoms with Gasteiger partial charge in [0.15, 0.2) is 0 Å². The molecule has 0 saturated heterocycles. The maximum atomic E-state index is 11.5. The minimum atomic E-state index is -0.450. The Labute approximate surface area is 115 Å². The van der Waals surface area contributed by atoms with Gasteiger partial charge < -0.3 is 14.2 Å². The fourth-order valence-corrected chi connectivity index (χ4v) is 1.40. The highest BCUT2D eigenvalue weighted by Gasteiger charge is 2.19. The van der Waals surface area contributed by atoms with Crippen LogP contribution >= 0.6 is 0 Å². The first-order valence-electron chi connectivity index (χ1n) is 7.06. The fourth-order valence-electron chi connectivity index (χ4n) is 1.40. The minimum absolute atomic E-state index is 0.0984. The molecular formula is C14H26O5. The Hall–Kier alpha value is -1.10. The first-order valence-corrected chi connectivity index (χ1v) is 7.06. The third-order valence-corrected chi connectivity index (χ3v) is 2.28. The topological polar surface area (TPSA) is 61.8 Å². The number of carbonyl (C=O) groups is 2. The molecule has 0 atom stereocenters. The van der Waals surface area contributed by atoms with Crippen molar-refractivity contribution in [2.45, 2.75) is 59.0 Å². The molecule has 0 radical (unpaired) electrons. The molecule has 112 valence electrons. The summed E-state index contributed by atoms with van der Waals surface area (Å²) in [7, 11) is 0. The Kier molecular flexibility index (Phi) is 11.3. The zero-order chi connectivity index (χ0) is 14.5. The highest BCUT2D eigenvalue weighted by atomic mass is 16.5. The van der Waals surface area contributed by atoms with Crippen LogP contribution in [0.15, 0.2) is 0 Å².